The third-order valence-electron chi connectivity index (χ3n) is 2.91. The Morgan fingerprint density at radius 3 is 2.35 bits per heavy atom. The molecule has 5 nitrogen and oxygen atoms in total. The van der Waals surface area contributed by atoms with Crippen molar-refractivity contribution in [3.8, 4) is 0 Å². The van der Waals surface area contributed by atoms with Crippen molar-refractivity contribution in [2.75, 3.05) is 11.1 Å². The summed E-state index contributed by atoms with van der Waals surface area (Å²) in [6.45, 7) is 1.93. The first-order valence-electron chi connectivity index (χ1n) is 6.43. The minimum Gasteiger partial charge on any atom is -0.350 e. The molecule has 0 radical (unpaired) electrons. The third kappa shape index (κ3) is 3.77. The van der Waals surface area contributed by atoms with Crippen LogP contribution < -0.4 is 5.32 Å². The van der Waals surface area contributed by atoms with Gasteiger partial charge in [-0.3, -0.25) is 0 Å². The van der Waals surface area contributed by atoms with E-state index in [1.54, 1.807) is 48.8 Å². The number of hydrogen-bond donors (Lipinski definition) is 1. The lowest BCUT2D eigenvalue weighted by molar-refractivity contribution is 0.587. The normalized spacial score (nSPS) is 12.8. The van der Waals surface area contributed by atoms with Crippen LogP contribution in [-0.2, 0) is 9.84 Å². The van der Waals surface area contributed by atoms with E-state index in [2.05, 4.69) is 15.3 Å². The van der Waals surface area contributed by atoms with E-state index in [0.717, 1.165) is 0 Å². The second-order valence-electron chi connectivity index (χ2n) is 4.42. The number of rotatable bonds is 6. The highest BCUT2D eigenvalue weighted by atomic mass is 32.2. The van der Waals surface area contributed by atoms with Crippen LogP contribution >= 0.6 is 0 Å². The zero-order valence-electron chi connectivity index (χ0n) is 11.2. The Kier molecular flexibility index (Phi) is 4.68. The Bertz CT molecular complexity index is 630. The summed E-state index contributed by atoms with van der Waals surface area (Å²) in [5.41, 5.74) is 0. The largest absolute Gasteiger partial charge is 0.350 e. The van der Waals surface area contributed by atoms with Crippen molar-refractivity contribution in [1.82, 2.24) is 9.97 Å². The Morgan fingerprint density at radius 2 is 1.75 bits per heavy atom. The number of hydrogen-bond acceptors (Lipinski definition) is 5. The van der Waals surface area contributed by atoms with Crippen molar-refractivity contribution < 1.29 is 8.42 Å². The van der Waals surface area contributed by atoms with Gasteiger partial charge in [-0.2, -0.15) is 0 Å². The van der Waals surface area contributed by atoms with Gasteiger partial charge in [0, 0.05) is 18.4 Å². The molecule has 6 heteroatoms. The van der Waals surface area contributed by atoms with Gasteiger partial charge in [0.2, 0.25) is 5.95 Å². The molecule has 1 N–H and O–H groups in total. The Morgan fingerprint density at radius 1 is 1.10 bits per heavy atom. The lowest BCUT2D eigenvalue weighted by Gasteiger charge is -2.16. The molecule has 0 unspecified atom stereocenters. The number of aromatic nitrogens is 2. The molecule has 0 spiro atoms. The lowest BCUT2D eigenvalue weighted by atomic mass is 10.3. The van der Waals surface area contributed by atoms with Crippen molar-refractivity contribution >= 4 is 15.8 Å². The van der Waals surface area contributed by atoms with Gasteiger partial charge in [-0.15, -0.1) is 0 Å². The van der Waals surface area contributed by atoms with E-state index in [9.17, 15) is 8.42 Å². The summed E-state index contributed by atoms with van der Waals surface area (Å²) in [6.07, 6.45) is 3.91. The predicted octanol–water partition coefficient (Wildman–Crippen LogP) is 2.14. The van der Waals surface area contributed by atoms with E-state index in [1.807, 2.05) is 6.92 Å². The molecule has 2 rings (SSSR count). The highest BCUT2D eigenvalue weighted by Crippen LogP contribution is 2.14. The van der Waals surface area contributed by atoms with Crippen LogP contribution in [0, 0.1) is 0 Å². The molecule has 0 saturated carbocycles. The lowest BCUT2D eigenvalue weighted by Crippen LogP contribution is -2.29. The van der Waals surface area contributed by atoms with Crippen LogP contribution in [0.25, 0.3) is 0 Å². The molecule has 0 aliphatic carbocycles. The second kappa shape index (κ2) is 6.47. The van der Waals surface area contributed by atoms with Crippen LogP contribution in [0.3, 0.4) is 0 Å². The van der Waals surface area contributed by atoms with Gasteiger partial charge in [0.25, 0.3) is 0 Å². The van der Waals surface area contributed by atoms with Crippen LogP contribution in [0.5, 0.6) is 0 Å². The minimum absolute atomic E-state index is 0.0196. The first-order chi connectivity index (χ1) is 9.62. The molecule has 0 saturated heterocycles. The molecule has 1 atom stereocenters. The molecule has 2 aromatic rings. The summed E-state index contributed by atoms with van der Waals surface area (Å²) in [5.74, 6) is 0.466. The van der Waals surface area contributed by atoms with E-state index in [0.29, 0.717) is 17.3 Å². The number of sulfone groups is 1. The fourth-order valence-electron chi connectivity index (χ4n) is 1.81. The van der Waals surface area contributed by atoms with Gasteiger partial charge in [-0.25, -0.2) is 18.4 Å². The molecular weight excluding hydrogens is 274 g/mol. The zero-order valence-corrected chi connectivity index (χ0v) is 12.0. The molecule has 0 aliphatic rings. The van der Waals surface area contributed by atoms with Crippen LogP contribution in [0.1, 0.15) is 13.3 Å². The van der Waals surface area contributed by atoms with Gasteiger partial charge in [0.15, 0.2) is 9.84 Å². The summed E-state index contributed by atoms with van der Waals surface area (Å²) < 4.78 is 24.6. The predicted molar refractivity (Wildman–Crippen MR) is 78.2 cm³/mol. The van der Waals surface area contributed by atoms with Gasteiger partial charge in [-0.1, -0.05) is 25.1 Å². The smallest absolute Gasteiger partial charge is 0.222 e. The van der Waals surface area contributed by atoms with Crippen LogP contribution in [0.2, 0.25) is 0 Å². The van der Waals surface area contributed by atoms with Gasteiger partial charge in [0.05, 0.1) is 10.6 Å². The molecule has 0 amide bonds. The van der Waals surface area contributed by atoms with Gasteiger partial charge in [-0.05, 0) is 24.6 Å². The van der Waals surface area contributed by atoms with Crippen molar-refractivity contribution in [2.24, 2.45) is 0 Å². The summed E-state index contributed by atoms with van der Waals surface area (Å²) in [4.78, 5) is 8.45. The average molecular weight is 291 g/mol. The van der Waals surface area contributed by atoms with E-state index in [1.165, 1.54) is 0 Å². The fraction of sp³-hybridized carbons (Fsp3) is 0.286. The minimum atomic E-state index is -3.31. The second-order valence-corrected chi connectivity index (χ2v) is 6.45. The zero-order chi connectivity index (χ0) is 14.4. The highest BCUT2D eigenvalue weighted by Gasteiger charge is 2.20. The van der Waals surface area contributed by atoms with Crippen molar-refractivity contribution in [3.63, 3.8) is 0 Å². The molecule has 0 aliphatic heterocycles. The summed E-state index contributed by atoms with van der Waals surface area (Å²) in [7, 11) is -3.31. The standard InChI is InChI=1S/C14H17N3O2S/c1-2-12(17-14-15-9-6-10-16-14)11-20(18,19)13-7-4-3-5-8-13/h3-10,12H,2,11H2,1H3,(H,15,16,17)/t12-/m0/s1. The molecule has 106 valence electrons. The van der Waals surface area contributed by atoms with Gasteiger partial charge < -0.3 is 5.32 Å². The first kappa shape index (κ1) is 14.5. The summed E-state index contributed by atoms with van der Waals surface area (Å²) in [6, 6.07) is 9.97. The quantitative estimate of drug-likeness (QED) is 0.883. The monoisotopic (exact) mass is 291 g/mol. The molecule has 1 aromatic heterocycles. The van der Waals surface area contributed by atoms with E-state index in [-0.39, 0.29) is 11.8 Å². The summed E-state index contributed by atoms with van der Waals surface area (Å²) >= 11 is 0. The topological polar surface area (TPSA) is 72.0 Å². The van der Waals surface area contributed by atoms with Gasteiger partial charge in [0.1, 0.15) is 0 Å². The molecule has 0 fully saturated rings. The number of benzene rings is 1. The number of anilines is 1. The number of nitrogens with zero attached hydrogens (tertiary/aromatic N) is 2. The average Bonchev–Trinajstić information content (AvgIpc) is 2.48. The van der Waals surface area contributed by atoms with Crippen molar-refractivity contribution in [3.05, 3.63) is 48.8 Å². The van der Waals surface area contributed by atoms with Gasteiger partial charge >= 0.3 is 0 Å². The molecule has 1 aromatic carbocycles. The maximum absolute atomic E-state index is 12.3. The summed E-state index contributed by atoms with van der Waals surface area (Å²) in [5, 5.41) is 3.05. The maximum atomic E-state index is 12.3. The third-order valence-corrected chi connectivity index (χ3v) is 4.75. The Hall–Kier alpha value is -1.95. The highest BCUT2D eigenvalue weighted by molar-refractivity contribution is 7.91. The molecule has 0 bridgehead atoms. The van der Waals surface area contributed by atoms with Crippen molar-refractivity contribution in [1.29, 1.82) is 0 Å². The van der Waals surface area contributed by atoms with Crippen molar-refractivity contribution in [2.45, 2.75) is 24.3 Å². The van der Waals surface area contributed by atoms with E-state index < -0.39 is 9.84 Å². The maximum Gasteiger partial charge on any atom is 0.222 e. The Labute approximate surface area is 119 Å². The fourth-order valence-corrected chi connectivity index (χ4v) is 3.42. The van der Waals surface area contributed by atoms with Crippen LogP contribution in [0.15, 0.2) is 53.7 Å². The molecule has 1 heterocycles. The number of nitrogens with one attached hydrogen (secondary N) is 1. The Balaban J connectivity index is 2.10. The first-order valence-corrected chi connectivity index (χ1v) is 8.08. The molecular formula is C14H17N3O2S. The van der Waals surface area contributed by atoms with E-state index in [4.69, 9.17) is 0 Å². The van der Waals surface area contributed by atoms with E-state index >= 15 is 0 Å². The molecule has 20 heavy (non-hydrogen) atoms. The van der Waals surface area contributed by atoms with Crippen LogP contribution in [0.4, 0.5) is 5.95 Å². The SMILES string of the molecule is CC[C@@H](CS(=O)(=O)c1ccccc1)Nc1ncccn1. The van der Waals surface area contributed by atoms with Crippen LogP contribution in [-0.4, -0.2) is 30.2 Å².